The number of nitrogens with one attached hydrogen (secondary N) is 2. The van der Waals surface area contributed by atoms with Gasteiger partial charge < -0.3 is 27.2 Å². The average Bonchev–Trinajstić information content (AvgIpc) is 2.31. The third-order valence-electron chi connectivity index (χ3n) is 2.64. The highest BCUT2D eigenvalue weighted by Crippen LogP contribution is 2.11. The molecule has 0 aliphatic rings. The Morgan fingerprint density at radius 2 is 1.75 bits per heavy atom. The molecule has 0 radical (unpaired) electrons. The topological polar surface area (TPSA) is 165 Å². The zero-order chi connectivity index (χ0) is 15.9. The van der Waals surface area contributed by atoms with Gasteiger partial charge in [-0.05, 0) is 20.3 Å². The maximum atomic E-state index is 11.5. The molecule has 0 aliphatic carbocycles. The van der Waals surface area contributed by atoms with Crippen LogP contribution in [0.3, 0.4) is 0 Å². The first kappa shape index (κ1) is 17.7. The van der Waals surface area contributed by atoms with Crippen LogP contribution in [-0.2, 0) is 14.4 Å². The number of aliphatic carboxylic acids is 1. The molecule has 0 aromatic carbocycles. The fourth-order valence-corrected chi connectivity index (χ4v) is 1.14. The normalized spacial score (nSPS) is 12.3. The molecular formula is C11H20N4O5. The largest absolute Gasteiger partial charge is 0.480 e. The number of rotatable bonds is 8. The van der Waals surface area contributed by atoms with E-state index in [1.54, 1.807) is 0 Å². The maximum Gasteiger partial charge on any atom is 0.326 e. The number of amides is 4. The Labute approximate surface area is 116 Å². The SMILES string of the molecule is CC(C)(CNC(=O)N[C@H](CCC(N)=O)C(=O)O)C(N)=O. The molecule has 0 saturated carbocycles. The van der Waals surface area contributed by atoms with Crippen molar-refractivity contribution in [2.75, 3.05) is 6.54 Å². The van der Waals surface area contributed by atoms with Crippen molar-refractivity contribution in [2.45, 2.75) is 32.7 Å². The van der Waals surface area contributed by atoms with Gasteiger partial charge in [0.15, 0.2) is 0 Å². The van der Waals surface area contributed by atoms with Crippen LogP contribution in [0.4, 0.5) is 4.79 Å². The Balaban J connectivity index is 4.37. The minimum Gasteiger partial charge on any atom is -0.480 e. The molecule has 9 heteroatoms. The van der Waals surface area contributed by atoms with Gasteiger partial charge in [0, 0.05) is 13.0 Å². The number of carbonyl (C=O) groups excluding carboxylic acids is 3. The summed E-state index contributed by atoms with van der Waals surface area (Å²) in [7, 11) is 0. The van der Waals surface area contributed by atoms with E-state index in [-0.39, 0.29) is 19.4 Å². The summed E-state index contributed by atoms with van der Waals surface area (Å²) >= 11 is 0. The van der Waals surface area contributed by atoms with Crippen molar-refractivity contribution in [3.8, 4) is 0 Å². The second kappa shape index (κ2) is 7.31. The van der Waals surface area contributed by atoms with Crippen LogP contribution in [0.5, 0.6) is 0 Å². The summed E-state index contributed by atoms with van der Waals surface area (Å²) in [6, 6.07) is -2.00. The van der Waals surface area contributed by atoms with Crippen LogP contribution in [0.15, 0.2) is 0 Å². The fourth-order valence-electron chi connectivity index (χ4n) is 1.14. The number of carboxylic acids is 1. The van der Waals surface area contributed by atoms with E-state index in [0.29, 0.717) is 0 Å². The lowest BCUT2D eigenvalue weighted by molar-refractivity contribution is -0.139. The van der Waals surface area contributed by atoms with Gasteiger partial charge in [0.05, 0.1) is 5.41 Å². The second-order valence-corrected chi connectivity index (χ2v) is 4.97. The monoisotopic (exact) mass is 288 g/mol. The van der Waals surface area contributed by atoms with Crippen molar-refractivity contribution in [1.29, 1.82) is 0 Å². The van der Waals surface area contributed by atoms with E-state index >= 15 is 0 Å². The molecule has 7 N–H and O–H groups in total. The minimum absolute atomic E-state index is 0.0453. The molecule has 4 amide bonds. The summed E-state index contributed by atoms with van der Waals surface area (Å²) in [5, 5.41) is 13.4. The molecule has 0 heterocycles. The van der Waals surface area contributed by atoms with E-state index in [0.717, 1.165) is 0 Å². The lowest BCUT2D eigenvalue weighted by atomic mass is 9.93. The smallest absolute Gasteiger partial charge is 0.326 e. The molecule has 0 aromatic heterocycles. The number of carboxylic acid groups (broad SMARTS) is 1. The number of urea groups is 1. The Hall–Kier alpha value is -2.32. The Morgan fingerprint density at radius 3 is 2.15 bits per heavy atom. The van der Waals surface area contributed by atoms with Crippen molar-refractivity contribution in [1.82, 2.24) is 10.6 Å². The summed E-state index contributed by atoms with van der Waals surface area (Å²) in [6.45, 7) is 3.03. The van der Waals surface area contributed by atoms with E-state index in [4.69, 9.17) is 16.6 Å². The molecule has 0 bridgehead atoms. The first-order valence-corrected chi connectivity index (χ1v) is 5.91. The molecular weight excluding hydrogens is 268 g/mol. The lowest BCUT2D eigenvalue weighted by Gasteiger charge is -2.22. The van der Waals surface area contributed by atoms with E-state index in [1.807, 2.05) is 0 Å². The van der Waals surface area contributed by atoms with E-state index < -0.39 is 35.3 Å². The van der Waals surface area contributed by atoms with Gasteiger partial charge in [0.1, 0.15) is 6.04 Å². The summed E-state index contributed by atoms with van der Waals surface area (Å²) in [5.74, 6) is -2.54. The van der Waals surface area contributed by atoms with Gasteiger partial charge in [-0.3, -0.25) is 9.59 Å². The molecule has 114 valence electrons. The van der Waals surface area contributed by atoms with Gasteiger partial charge in [-0.1, -0.05) is 0 Å². The molecule has 0 fully saturated rings. The zero-order valence-electron chi connectivity index (χ0n) is 11.4. The quantitative estimate of drug-likeness (QED) is 0.366. The summed E-state index contributed by atoms with van der Waals surface area (Å²) in [5.41, 5.74) is 9.08. The predicted octanol–water partition coefficient (Wildman–Crippen LogP) is -1.48. The molecule has 20 heavy (non-hydrogen) atoms. The molecule has 0 spiro atoms. The van der Waals surface area contributed by atoms with Crippen LogP contribution in [-0.4, -0.2) is 41.5 Å². The summed E-state index contributed by atoms with van der Waals surface area (Å²) in [6.07, 6.45) is -0.276. The van der Waals surface area contributed by atoms with E-state index in [2.05, 4.69) is 10.6 Å². The van der Waals surface area contributed by atoms with Gasteiger partial charge in [0.2, 0.25) is 11.8 Å². The Morgan fingerprint density at radius 1 is 1.20 bits per heavy atom. The first-order valence-electron chi connectivity index (χ1n) is 5.91. The van der Waals surface area contributed by atoms with Gasteiger partial charge in [-0.2, -0.15) is 0 Å². The van der Waals surface area contributed by atoms with Crippen LogP contribution in [0.2, 0.25) is 0 Å². The molecule has 0 unspecified atom stereocenters. The van der Waals surface area contributed by atoms with Gasteiger partial charge in [0.25, 0.3) is 0 Å². The summed E-state index contributed by atoms with van der Waals surface area (Å²) < 4.78 is 0. The van der Waals surface area contributed by atoms with Crippen molar-refractivity contribution in [2.24, 2.45) is 16.9 Å². The lowest BCUT2D eigenvalue weighted by Crippen LogP contribution is -2.50. The van der Waals surface area contributed by atoms with Crippen LogP contribution < -0.4 is 22.1 Å². The molecule has 0 aromatic rings. The number of carbonyl (C=O) groups is 4. The molecule has 0 rings (SSSR count). The van der Waals surface area contributed by atoms with Gasteiger partial charge >= 0.3 is 12.0 Å². The average molecular weight is 288 g/mol. The molecule has 0 aliphatic heterocycles. The Kier molecular flexibility index (Phi) is 6.47. The zero-order valence-corrected chi connectivity index (χ0v) is 11.4. The van der Waals surface area contributed by atoms with Crippen LogP contribution >= 0.6 is 0 Å². The third-order valence-corrected chi connectivity index (χ3v) is 2.64. The van der Waals surface area contributed by atoms with Crippen molar-refractivity contribution in [3.05, 3.63) is 0 Å². The highest BCUT2D eigenvalue weighted by Gasteiger charge is 2.26. The highest BCUT2D eigenvalue weighted by atomic mass is 16.4. The van der Waals surface area contributed by atoms with Crippen molar-refractivity contribution < 1.29 is 24.3 Å². The van der Waals surface area contributed by atoms with Crippen LogP contribution in [0.1, 0.15) is 26.7 Å². The first-order chi connectivity index (χ1) is 9.06. The van der Waals surface area contributed by atoms with Crippen molar-refractivity contribution >= 4 is 23.8 Å². The van der Waals surface area contributed by atoms with Gasteiger partial charge in [-0.15, -0.1) is 0 Å². The second-order valence-electron chi connectivity index (χ2n) is 4.97. The number of hydrogen-bond acceptors (Lipinski definition) is 4. The molecule has 0 saturated heterocycles. The number of primary amides is 2. The highest BCUT2D eigenvalue weighted by molar-refractivity contribution is 5.84. The van der Waals surface area contributed by atoms with E-state index in [1.165, 1.54) is 13.8 Å². The van der Waals surface area contributed by atoms with Crippen molar-refractivity contribution in [3.63, 3.8) is 0 Å². The standard InChI is InChI=1S/C11H20N4O5/c1-11(2,9(13)19)5-14-10(20)15-6(8(17)18)3-4-7(12)16/h6H,3-5H2,1-2H3,(H2,12,16)(H2,13,19)(H,17,18)(H2,14,15,20)/t6-/m1/s1. The van der Waals surface area contributed by atoms with E-state index in [9.17, 15) is 19.2 Å². The summed E-state index contributed by atoms with van der Waals surface area (Å²) in [4.78, 5) is 44.0. The number of hydrogen-bond donors (Lipinski definition) is 5. The van der Waals surface area contributed by atoms with Crippen LogP contribution in [0, 0.1) is 5.41 Å². The minimum atomic E-state index is -1.28. The van der Waals surface area contributed by atoms with Crippen LogP contribution in [0.25, 0.3) is 0 Å². The van der Waals surface area contributed by atoms with Gasteiger partial charge in [-0.25, -0.2) is 9.59 Å². The molecule has 1 atom stereocenters. The third kappa shape index (κ3) is 6.57. The molecule has 9 nitrogen and oxygen atoms in total. The maximum absolute atomic E-state index is 11.5. The Bertz CT molecular complexity index is 408. The number of nitrogens with two attached hydrogens (primary N) is 2. The predicted molar refractivity (Wildman–Crippen MR) is 69.4 cm³/mol. The fraction of sp³-hybridized carbons (Fsp3) is 0.636.